The van der Waals surface area contributed by atoms with Crippen molar-refractivity contribution < 1.29 is 14.3 Å². The maximum atomic E-state index is 12.7. The smallest absolute Gasteiger partial charge is 0.411 e. The van der Waals surface area contributed by atoms with E-state index in [1.165, 1.54) is 0 Å². The first-order chi connectivity index (χ1) is 9.99. The van der Waals surface area contributed by atoms with Gasteiger partial charge in [-0.25, -0.2) is 4.79 Å². The maximum Gasteiger partial charge on any atom is 0.411 e. The molecule has 0 bridgehead atoms. The average Bonchev–Trinajstić information content (AvgIpc) is 2.34. The highest BCUT2D eigenvalue weighted by Crippen LogP contribution is 2.28. The summed E-state index contributed by atoms with van der Waals surface area (Å²) in [5.74, 6) is 0.202. The molecular formula is C16H29IN2O3. The highest BCUT2D eigenvalue weighted by Gasteiger charge is 2.47. The number of nitrogens with zero attached hydrogens (tertiary/aromatic N) is 1. The molecule has 1 fully saturated rings. The fourth-order valence-corrected chi connectivity index (χ4v) is 3.79. The van der Waals surface area contributed by atoms with Crippen LogP contribution in [0.5, 0.6) is 0 Å². The lowest BCUT2D eigenvalue weighted by molar-refractivity contribution is -0.135. The van der Waals surface area contributed by atoms with Crippen molar-refractivity contribution in [3.05, 3.63) is 0 Å². The van der Waals surface area contributed by atoms with Crippen molar-refractivity contribution in [1.82, 2.24) is 10.2 Å². The SMILES string of the molecule is CC(C)[C@H]1C(=O)N[C@@H](C(C)C)[C@@H](CI)N1C(=O)OC(C)(C)C. The number of rotatable bonds is 3. The molecule has 22 heavy (non-hydrogen) atoms. The zero-order valence-corrected chi connectivity index (χ0v) is 16.8. The van der Waals surface area contributed by atoms with Crippen LogP contribution in [0.15, 0.2) is 0 Å². The molecule has 1 aliphatic rings. The molecule has 0 spiro atoms. The highest BCUT2D eigenvalue weighted by atomic mass is 127. The van der Waals surface area contributed by atoms with Crippen molar-refractivity contribution in [2.24, 2.45) is 11.8 Å². The van der Waals surface area contributed by atoms with E-state index < -0.39 is 17.7 Å². The van der Waals surface area contributed by atoms with Crippen LogP contribution in [0, 0.1) is 11.8 Å². The maximum absolute atomic E-state index is 12.7. The third-order valence-electron chi connectivity index (χ3n) is 3.76. The number of ether oxygens (including phenoxy) is 1. The molecule has 2 amide bonds. The molecule has 128 valence electrons. The number of carbonyl (C=O) groups is 2. The van der Waals surface area contributed by atoms with Crippen molar-refractivity contribution in [3.8, 4) is 0 Å². The van der Waals surface area contributed by atoms with Crippen molar-refractivity contribution in [2.45, 2.75) is 72.2 Å². The van der Waals surface area contributed by atoms with Crippen LogP contribution in [0.4, 0.5) is 4.79 Å². The van der Waals surface area contributed by atoms with Crippen molar-refractivity contribution in [3.63, 3.8) is 0 Å². The Kier molecular flexibility index (Phi) is 6.53. The van der Waals surface area contributed by atoms with Crippen LogP contribution in [0.3, 0.4) is 0 Å². The van der Waals surface area contributed by atoms with Gasteiger partial charge in [-0.05, 0) is 32.6 Å². The van der Waals surface area contributed by atoms with E-state index in [1.807, 2.05) is 34.6 Å². The van der Waals surface area contributed by atoms with Gasteiger partial charge < -0.3 is 10.1 Å². The van der Waals surface area contributed by atoms with Crippen molar-refractivity contribution in [1.29, 1.82) is 0 Å². The summed E-state index contributed by atoms with van der Waals surface area (Å²) >= 11 is 2.28. The van der Waals surface area contributed by atoms with E-state index in [9.17, 15) is 9.59 Å². The van der Waals surface area contributed by atoms with E-state index in [0.29, 0.717) is 0 Å². The number of hydrogen-bond acceptors (Lipinski definition) is 3. The Morgan fingerprint density at radius 1 is 1.27 bits per heavy atom. The Bertz CT molecular complexity index is 418. The van der Waals surface area contributed by atoms with Gasteiger partial charge in [-0.2, -0.15) is 0 Å². The molecule has 0 aromatic rings. The van der Waals surface area contributed by atoms with E-state index >= 15 is 0 Å². The van der Waals surface area contributed by atoms with Crippen LogP contribution in [-0.2, 0) is 9.53 Å². The predicted molar refractivity (Wildman–Crippen MR) is 96.1 cm³/mol. The number of piperazine rings is 1. The molecule has 5 nitrogen and oxygen atoms in total. The standard InChI is InChI=1S/C16H29IN2O3/c1-9(2)12-11(8-17)19(15(21)22-16(5,6)7)13(10(3)4)14(20)18-12/h9-13H,8H2,1-7H3,(H,18,20)/t11-,12+,13+/m1/s1. The Labute approximate surface area is 147 Å². The molecule has 1 N–H and O–H groups in total. The third-order valence-corrected chi connectivity index (χ3v) is 4.66. The van der Waals surface area contributed by atoms with Crippen LogP contribution in [-0.4, -0.2) is 45.1 Å². The summed E-state index contributed by atoms with van der Waals surface area (Å²) < 4.78 is 6.32. The molecule has 1 aliphatic heterocycles. The summed E-state index contributed by atoms with van der Waals surface area (Å²) in [6.45, 7) is 13.6. The van der Waals surface area contributed by atoms with Crippen LogP contribution >= 0.6 is 22.6 Å². The average molecular weight is 424 g/mol. The molecule has 6 heteroatoms. The Morgan fingerprint density at radius 2 is 1.82 bits per heavy atom. The number of halogens is 1. The molecule has 1 rings (SSSR count). The second-order valence-corrected chi connectivity index (χ2v) is 8.46. The quantitative estimate of drug-likeness (QED) is 0.559. The topological polar surface area (TPSA) is 58.6 Å². The zero-order chi connectivity index (χ0) is 17.2. The minimum Gasteiger partial charge on any atom is -0.444 e. The van der Waals surface area contributed by atoms with Gasteiger partial charge >= 0.3 is 6.09 Å². The number of nitrogens with one attached hydrogen (secondary N) is 1. The first kappa shape index (κ1) is 19.5. The highest BCUT2D eigenvalue weighted by molar-refractivity contribution is 14.1. The number of hydrogen-bond donors (Lipinski definition) is 1. The minimum absolute atomic E-state index is 0.0334. The first-order valence-corrected chi connectivity index (χ1v) is 9.39. The van der Waals surface area contributed by atoms with Gasteiger partial charge in [-0.3, -0.25) is 9.69 Å². The van der Waals surface area contributed by atoms with Crippen LogP contribution in [0.2, 0.25) is 0 Å². The number of carbonyl (C=O) groups excluding carboxylic acids is 2. The van der Waals surface area contributed by atoms with Gasteiger partial charge in [0.2, 0.25) is 5.91 Å². The van der Waals surface area contributed by atoms with Gasteiger partial charge in [0.25, 0.3) is 0 Å². The van der Waals surface area contributed by atoms with Gasteiger partial charge in [0.05, 0.1) is 12.1 Å². The molecule has 0 saturated carbocycles. The summed E-state index contributed by atoms with van der Waals surface area (Å²) in [6, 6.07) is -0.586. The fourth-order valence-electron chi connectivity index (χ4n) is 2.82. The predicted octanol–water partition coefficient (Wildman–Crippen LogP) is 3.21. The lowest BCUT2D eigenvalue weighted by atomic mass is 9.88. The van der Waals surface area contributed by atoms with Crippen LogP contribution in [0.25, 0.3) is 0 Å². The van der Waals surface area contributed by atoms with E-state index in [2.05, 4.69) is 41.8 Å². The van der Waals surface area contributed by atoms with Gasteiger partial charge in [0, 0.05) is 4.43 Å². The Balaban J connectivity index is 3.20. The molecule has 1 heterocycles. The second kappa shape index (κ2) is 7.36. The summed E-state index contributed by atoms with van der Waals surface area (Å²) in [4.78, 5) is 26.9. The summed E-state index contributed by atoms with van der Waals surface area (Å²) in [5, 5.41) is 3.10. The Morgan fingerprint density at radius 3 is 2.18 bits per heavy atom. The fraction of sp³-hybridized carbons (Fsp3) is 0.875. The number of alkyl halides is 1. The molecule has 1 saturated heterocycles. The number of amides is 2. The normalized spacial score (nSPS) is 26.4. The first-order valence-electron chi connectivity index (χ1n) is 7.87. The molecule has 0 aromatic heterocycles. The second-order valence-electron chi connectivity index (χ2n) is 7.58. The minimum atomic E-state index is -0.574. The third kappa shape index (κ3) is 4.49. The van der Waals surface area contributed by atoms with Gasteiger partial charge in [0.15, 0.2) is 0 Å². The van der Waals surface area contributed by atoms with Crippen LogP contribution < -0.4 is 5.32 Å². The summed E-state index contributed by atoms with van der Waals surface area (Å²) in [5.41, 5.74) is -0.574. The van der Waals surface area contributed by atoms with Gasteiger partial charge in [-0.1, -0.05) is 50.3 Å². The monoisotopic (exact) mass is 424 g/mol. The molecule has 0 unspecified atom stereocenters. The zero-order valence-electron chi connectivity index (χ0n) is 14.6. The van der Waals surface area contributed by atoms with Crippen molar-refractivity contribution in [2.75, 3.05) is 4.43 Å². The van der Waals surface area contributed by atoms with Crippen molar-refractivity contribution >= 4 is 34.6 Å². The molecular weight excluding hydrogens is 395 g/mol. The van der Waals surface area contributed by atoms with E-state index in [1.54, 1.807) is 4.90 Å². The molecule has 0 aromatic carbocycles. The van der Waals surface area contributed by atoms with E-state index in [0.717, 1.165) is 4.43 Å². The largest absolute Gasteiger partial charge is 0.444 e. The Hall–Kier alpha value is -0.530. The summed E-state index contributed by atoms with van der Waals surface area (Å²) in [6.07, 6.45) is -0.395. The molecule has 0 aliphatic carbocycles. The van der Waals surface area contributed by atoms with E-state index in [-0.39, 0.29) is 29.8 Å². The molecule has 3 atom stereocenters. The molecule has 0 radical (unpaired) electrons. The lowest BCUT2D eigenvalue weighted by Gasteiger charge is -2.48. The van der Waals surface area contributed by atoms with E-state index in [4.69, 9.17) is 4.74 Å². The van der Waals surface area contributed by atoms with Gasteiger partial charge in [-0.15, -0.1) is 0 Å². The van der Waals surface area contributed by atoms with Crippen LogP contribution in [0.1, 0.15) is 48.5 Å². The van der Waals surface area contributed by atoms with Gasteiger partial charge in [0.1, 0.15) is 11.6 Å². The summed E-state index contributed by atoms with van der Waals surface area (Å²) in [7, 11) is 0. The lowest BCUT2D eigenvalue weighted by Crippen LogP contribution is -2.70.